The first-order valence-electron chi connectivity index (χ1n) is 11.0. The summed E-state index contributed by atoms with van der Waals surface area (Å²) >= 11 is 0. The molecule has 0 saturated carbocycles. The maximum atomic E-state index is 5.02. The molecule has 0 aliphatic carbocycles. The summed E-state index contributed by atoms with van der Waals surface area (Å²) in [4.78, 5) is 5.02. The molecule has 33 heavy (non-hydrogen) atoms. The molecule has 4 heteroatoms. The zero-order chi connectivity index (χ0) is 23.0. The van der Waals surface area contributed by atoms with Crippen molar-refractivity contribution in [1.29, 1.82) is 0 Å². The largest absolute Gasteiger partial charge is 0.248 e. The van der Waals surface area contributed by atoms with Gasteiger partial charge in [-0.05, 0) is 41.5 Å². The molecule has 4 nitrogen and oxygen atoms in total. The molecule has 0 saturated heterocycles. The van der Waals surface area contributed by atoms with Crippen molar-refractivity contribution in [3.8, 4) is 33.6 Å². The summed E-state index contributed by atoms with van der Waals surface area (Å²) < 4.78 is 6.28. The van der Waals surface area contributed by atoms with Gasteiger partial charge in [0.15, 0.2) is 56.8 Å². The Bertz CT molecular complexity index is 1080. The van der Waals surface area contributed by atoms with E-state index in [-0.39, 0.29) is 0 Å². The van der Waals surface area contributed by atoms with Crippen LogP contribution in [0.15, 0.2) is 124 Å². The molecule has 4 heterocycles. The van der Waals surface area contributed by atoms with E-state index in [4.69, 9.17) is 4.98 Å². The van der Waals surface area contributed by atoms with Gasteiger partial charge >= 0.3 is 0 Å². The quantitative estimate of drug-likeness (QED) is 0.282. The van der Waals surface area contributed by atoms with E-state index < -0.39 is 0 Å². The lowest BCUT2D eigenvalue weighted by molar-refractivity contribution is -0.687. The van der Waals surface area contributed by atoms with Gasteiger partial charge in [-0.25, -0.2) is 18.7 Å². The van der Waals surface area contributed by atoms with Gasteiger partial charge in [0.25, 0.3) is 0 Å². The minimum atomic E-state index is 0.780. The fraction of sp³-hybridized carbons (Fsp3) is 0.103. The third-order valence-corrected chi connectivity index (χ3v) is 5.44. The molecule has 0 aromatic carbocycles. The Labute approximate surface area is 195 Å². The maximum Gasteiger partial charge on any atom is 0.169 e. The van der Waals surface area contributed by atoms with Crippen LogP contribution in [0, 0.1) is 0 Å². The standard InChI is InChI=1S/C29H29N4/c1-4-13-31-16-7-24(8-17-31)27-22-28(25-9-18-32(14-5-2)19-10-25)30-29(23-27)26-11-20-33(15-6-3)21-12-26/h4-12,16-23H,1-3,13-15H2/q+3. The first kappa shape index (κ1) is 22.0. The molecule has 0 aliphatic rings. The highest BCUT2D eigenvalue weighted by Gasteiger charge is 2.12. The predicted octanol–water partition coefficient (Wildman–Crippen LogP) is 4.50. The molecule has 0 spiro atoms. The van der Waals surface area contributed by atoms with Gasteiger partial charge in [-0.2, -0.15) is 0 Å². The average Bonchev–Trinajstić information content (AvgIpc) is 2.86. The second kappa shape index (κ2) is 10.4. The predicted molar refractivity (Wildman–Crippen MR) is 132 cm³/mol. The number of nitrogens with zero attached hydrogens (tertiary/aromatic N) is 4. The molecule has 4 aromatic heterocycles. The number of hydrogen-bond acceptors (Lipinski definition) is 1. The van der Waals surface area contributed by atoms with E-state index in [2.05, 4.69) is 119 Å². The Morgan fingerprint density at radius 3 is 1.18 bits per heavy atom. The molecule has 0 N–H and O–H groups in total. The lowest BCUT2D eigenvalue weighted by Crippen LogP contribution is -2.31. The third kappa shape index (κ3) is 5.36. The molecule has 4 rings (SSSR count). The molecular formula is C29H29N4+3. The number of pyridine rings is 4. The van der Waals surface area contributed by atoms with Crippen LogP contribution in [0.1, 0.15) is 0 Å². The molecule has 0 amide bonds. The molecule has 0 unspecified atom stereocenters. The molecule has 0 fully saturated rings. The first-order chi connectivity index (χ1) is 16.2. The summed E-state index contributed by atoms with van der Waals surface area (Å²) in [6, 6.07) is 17.0. The highest BCUT2D eigenvalue weighted by atomic mass is 14.9. The lowest BCUT2D eigenvalue weighted by atomic mass is 10.0. The Hall–Kier alpha value is -4.18. The maximum absolute atomic E-state index is 5.02. The van der Waals surface area contributed by atoms with Crippen molar-refractivity contribution in [3.63, 3.8) is 0 Å². The van der Waals surface area contributed by atoms with Crippen LogP contribution < -0.4 is 13.7 Å². The van der Waals surface area contributed by atoms with Gasteiger partial charge in [-0.3, -0.25) is 0 Å². The van der Waals surface area contributed by atoms with Crippen molar-refractivity contribution < 1.29 is 13.7 Å². The minimum absolute atomic E-state index is 0.780. The average molecular weight is 434 g/mol. The number of allylic oxidation sites excluding steroid dienone is 3. The van der Waals surface area contributed by atoms with Gasteiger partial charge in [0.2, 0.25) is 0 Å². The normalized spacial score (nSPS) is 10.5. The number of rotatable bonds is 9. The summed E-state index contributed by atoms with van der Waals surface area (Å²) in [6.07, 6.45) is 18.1. The molecular weight excluding hydrogens is 404 g/mol. The Morgan fingerprint density at radius 1 is 0.515 bits per heavy atom. The van der Waals surface area contributed by atoms with Crippen LogP contribution in [0.25, 0.3) is 33.6 Å². The first-order valence-corrected chi connectivity index (χ1v) is 11.0. The van der Waals surface area contributed by atoms with E-state index in [1.54, 1.807) is 0 Å². The molecule has 0 radical (unpaired) electrons. The van der Waals surface area contributed by atoms with E-state index in [1.807, 2.05) is 18.2 Å². The van der Waals surface area contributed by atoms with E-state index in [0.29, 0.717) is 0 Å². The second-order valence-electron chi connectivity index (χ2n) is 7.84. The Kier molecular flexibility index (Phi) is 6.96. The molecule has 0 atom stereocenters. The van der Waals surface area contributed by atoms with Gasteiger partial charge < -0.3 is 0 Å². The van der Waals surface area contributed by atoms with Gasteiger partial charge in [0.05, 0.1) is 11.4 Å². The number of aromatic nitrogens is 4. The summed E-state index contributed by atoms with van der Waals surface area (Å²) in [5.41, 5.74) is 6.32. The SMILES string of the molecule is C=CC[n+]1ccc(-c2cc(-c3cc[n+](CC=C)cc3)nc(-c3cc[n+](CC=C)cc3)c2)cc1. The van der Waals surface area contributed by atoms with Crippen LogP contribution in [0.5, 0.6) is 0 Å². The lowest BCUT2D eigenvalue weighted by Gasteiger charge is -2.09. The van der Waals surface area contributed by atoms with Crippen molar-refractivity contribution in [3.05, 3.63) is 124 Å². The van der Waals surface area contributed by atoms with Crippen molar-refractivity contribution in [2.75, 3.05) is 0 Å². The van der Waals surface area contributed by atoms with E-state index >= 15 is 0 Å². The summed E-state index contributed by atoms with van der Waals surface area (Å²) in [6.45, 7) is 13.8. The van der Waals surface area contributed by atoms with Crippen molar-refractivity contribution >= 4 is 0 Å². The van der Waals surface area contributed by atoms with Crippen LogP contribution >= 0.6 is 0 Å². The number of hydrogen-bond donors (Lipinski definition) is 0. The molecule has 0 bridgehead atoms. The van der Waals surface area contributed by atoms with Crippen LogP contribution in [0.3, 0.4) is 0 Å². The monoisotopic (exact) mass is 433 g/mol. The third-order valence-electron chi connectivity index (χ3n) is 5.44. The van der Waals surface area contributed by atoms with E-state index in [9.17, 15) is 0 Å². The van der Waals surface area contributed by atoms with Gasteiger partial charge in [0, 0.05) is 47.5 Å². The fourth-order valence-corrected chi connectivity index (χ4v) is 3.71. The van der Waals surface area contributed by atoms with Crippen LogP contribution in [-0.4, -0.2) is 4.98 Å². The van der Waals surface area contributed by atoms with Gasteiger partial charge in [-0.15, -0.1) is 0 Å². The van der Waals surface area contributed by atoms with E-state index in [1.165, 1.54) is 0 Å². The zero-order valence-corrected chi connectivity index (χ0v) is 18.8. The summed E-state index contributed by atoms with van der Waals surface area (Å²) in [5, 5.41) is 0. The molecule has 4 aromatic rings. The van der Waals surface area contributed by atoms with Crippen molar-refractivity contribution in [2.24, 2.45) is 0 Å². The molecule has 162 valence electrons. The topological polar surface area (TPSA) is 24.5 Å². The minimum Gasteiger partial charge on any atom is -0.248 e. The van der Waals surface area contributed by atoms with Crippen LogP contribution in [0.4, 0.5) is 0 Å². The Morgan fingerprint density at radius 2 is 0.848 bits per heavy atom. The second-order valence-corrected chi connectivity index (χ2v) is 7.84. The highest BCUT2D eigenvalue weighted by Crippen LogP contribution is 2.29. The van der Waals surface area contributed by atoms with Crippen LogP contribution in [-0.2, 0) is 19.6 Å². The van der Waals surface area contributed by atoms with Crippen molar-refractivity contribution in [1.82, 2.24) is 4.98 Å². The fourth-order valence-electron chi connectivity index (χ4n) is 3.71. The van der Waals surface area contributed by atoms with Crippen molar-refractivity contribution in [2.45, 2.75) is 19.6 Å². The van der Waals surface area contributed by atoms with Crippen LogP contribution in [0.2, 0.25) is 0 Å². The smallest absolute Gasteiger partial charge is 0.169 e. The molecule has 0 aliphatic heterocycles. The highest BCUT2D eigenvalue weighted by molar-refractivity contribution is 5.75. The van der Waals surface area contributed by atoms with Gasteiger partial charge in [0.1, 0.15) is 0 Å². The van der Waals surface area contributed by atoms with Gasteiger partial charge in [-0.1, -0.05) is 19.7 Å². The van der Waals surface area contributed by atoms with E-state index in [0.717, 1.165) is 53.3 Å². The zero-order valence-electron chi connectivity index (χ0n) is 18.8. The summed E-state index contributed by atoms with van der Waals surface area (Å²) in [5.74, 6) is 0. The summed E-state index contributed by atoms with van der Waals surface area (Å²) in [7, 11) is 0. The Balaban J connectivity index is 1.78.